The monoisotopic (exact) mass is 211 g/mol. The normalized spacial score (nSPS) is 22.1. The number of rotatable bonds is 5. The molecule has 8 heteroatoms. The van der Waals surface area contributed by atoms with Crippen molar-refractivity contribution in [2.75, 3.05) is 6.61 Å². The van der Waals surface area contributed by atoms with Crippen LogP contribution < -0.4 is 5.73 Å². The van der Waals surface area contributed by atoms with E-state index in [1.807, 2.05) is 0 Å². The first-order valence-corrected chi connectivity index (χ1v) is 3.64. The van der Waals surface area contributed by atoms with Crippen molar-refractivity contribution in [3.05, 3.63) is 0 Å². The molecule has 0 aromatic carbocycles. The fourth-order valence-electron chi connectivity index (χ4n) is 0.705. The molecule has 0 aromatic rings. The number of hydrogen-bond donors (Lipinski definition) is 7. The minimum absolute atomic E-state index is 0.909. The van der Waals surface area contributed by atoms with Gasteiger partial charge in [0.2, 0.25) is 5.72 Å². The molecule has 0 saturated carbocycles. The highest BCUT2D eigenvalue weighted by Crippen LogP contribution is 2.11. The van der Waals surface area contributed by atoms with Crippen LogP contribution in [0.25, 0.3) is 0 Å². The van der Waals surface area contributed by atoms with E-state index in [4.69, 9.17) is 36.4 Å². The lowest BCUT2D eigenvalue weighted by Gasteiger charge is -2.29. The van der Waals surface area contributed by atoms with Crippen molar-refractivity contribution in [1.29, 1.82) is 0 Å². The molecule has 0 bridgehead atoms. The summed E-state index contributed by atoms with van der Waals surface area (Å²) < 4.78 is 0. The van der Waals surface area contributed by atoms with Gasteiger partial charge >= 0.3 is 5.97 Å². The number of aliphatic carboxylic acids is 1. The van der Waals surface area contributed by atoms with Crippen LogP contribution in [0.3, 0.4) is 0 Å². The minimum atomic E-state index is -3.09. The molecule has 0 unspecified atom stereocenters. The predicted octanol–water partition coefficient (Wildman–Crippen LogP) is -4.21. The van der Waals surface area contributed by atoms with E-state index in [9.17, 15) is 4.79 Å². The van der Waals surface area contributed by atoms with Gasteiger partial charge in [0.1, 0.15) is 18.3 Å². The molecule has 0 spiro atoms. The SMILES string of the molecule is N[C@](O)(C(=O)O)[C@@H](O)[C@H](O)[C@H](O)CO. The Labute approximate surface area is 78.8 Å². The van der Waals surface area contributed by atoms with Crippen LogP contribution in [-0.2, 0) is 4.79 Å². The summed E-state index contributed by atoms with van der Waals surface area (Å²) in [5.74, 6) is -1.96. The maximum absolute atomic E-state index is 10.3. The van der Waals surface area contributed by atoms with Gasteiger partial charge in [-0.05, 0) is 0 Å². The molecule has 8 N–H and O–H groups in total. The molecule has 0 amide bonds. The summed E-state index contributed by atoms with van der Waals surface area (Å²) in [6.45, 7) is -0.909. The van der Waals surface area contributed by atoms with Gasteiger partial charge in [0.15, 0.2) is 0 Å². The summed E-state index contributed by atoms with van der Waals surface area (Å²) in [5.41, 5.74) is 1.66. The van der Waals surface area contributed by atoms with Gasteiger partial charge in [-0.3, -0.25) is 5.73 Å². The molecule has 0 rings (SSSR count). The van der Waals surface area contributed by atoms with E-state index in [0.717, 1.165) is 0 Å². The van der Waals surface area contributed by atoms with Gasteiger partial charge in [-0.15, -0.1) is 0 Å². The molecule has 0 aromatic heterocycles. The molecule has 0 radical (unpaired) electrons. The summed E-state index contributed by atoms with van der Waals surface area (Å²) in [6.07, 6.45) is -6.17. The van der Waals surface area contributed by atoms with Crippen LogP contribution in [0.4, 0.5) is 0 Å². The van der Waals surface area contributed by atoms with Gasteiger partial charge in [0, 0.05) is 0 Å². The van der Waals surface area contributed by atoms with Crippen LogP contribution in [0.5, 0.6) is 0 Å². The van der Waals surface area contributed by atoms with Gasteiger partial charge in [0.25, 0.3) is 0 Å². The van der Waals surface area contributed by atoms with Crippen molar-refractivity contribution in [3.63, 3.8) is 0 Å². The van der Waals surface area contributed by atoms with Crippen LogP contribution >= 0.6 is 0 Å². The van der Waals surface area contributed by atoms with Crippen LogP contribution in [0.15, 0.2) is 0 Å². The molecule has 0 saturated heterocycles. The first-order valence-electron chi connectivity index (χ1n) is 3.64. The molecule has 0 aliphatic carbocycles. The van der Waals surface area contributed by atoms with E-state index in [0.29, 0.717) is 0 Å². The van der Waals surface area contributed by atoms with Crippen LogP contribution in [0.2, 0.25) is 0 Å². The maximum Gasteiger partial charge on any atom is 0.353 e. The number of hydrogen-bond acceptors (Lipinski definition) is 7. The fraction of sp³-hybridized carbons (Fsp3) is 0.833. The first kappa shape index (κ1) is 13.2. The molecule has 0 aliphatic heterocycles. The van der Waals surface area contributed by atoms with Gasteiger partial charge < -0.3 is 30.6 Å². The molecule has 0 fully saturated rings. The van der Waals surface area contributed by atoms with Crippen molar-refractivity contribution in [3.8, 4) is 0 Å². The highest BCUT2D eigenvalue weighted by Gasteiger charge is 2.45. The second-order valence-corrected chi connectivity index (χ2v) is 2.82. The third-order valence-electron chi connectivity index (χ3n) is 1.70. The number of carboxylic acids is 1. The Morgan fingerprint density at radius 3 is 2.07 bits per heavy atom. The summed E-state index contributed by atoms with van der Waals surface area (Å²) in [5, 5.41) is 52.5. The van der Waals surface area contributed by atoms with Crippen molar-refractivity contribution >= 4 is 5.97 Å². The Balaban J connectivity index is 4.60. The number of carboxylic acid groups (broad SMARTS) is 1. The minimum Gasteiger partial charge on any atom is -0.478 e. The Hall–Kier alpha value is -0.770. The summed E-state index contributed by atoms with van der Waals surface area (Å²) in [7, 11) is 0. The molecule has 0 aliphatic rings. The largest absolute Gasteiger partial charge is 0.478 e. The Morgan fingerprint density at radius 1 is 1.36 bits per heavy atom. The zero-order chi connectivity index (χ0) is 11.5. The Kier molecular flexibility index (Phi) is 4.39. The third-order valence-corrected chi connectivity index (χ3v) is 1.70. The van der Waals surface area contributed by atoms with E-state index in [-0.39, 0.29) is 0 Å². The average molecular weight is 211 g/mol. The molecule has 8 nitrogen and oxygen atoms in total. The van der Waals surface area contributed by atoms with Gasteiger partial charge in [-0.25, -0.2) is 4.79 Å². The Morgan fingerprint density at radius 2 is 1.79 bits per heavy atom. The third kappa shape index (κ3) is 2.61. The quantitative estimate of drug-likeness (QED) is 0.225. The van der Waals surface area contributed by atoms with Gasteiger partial charge in [-0.1, -0.05) is 0 Å². The summed E-state index contributed by atoms with van der Waals surface area (Å²) in [6, 6.07) is 0. The smallest absolute Gasteiger partial charge is 0.353 e. The molecule has 14 heavy (non-hydrogen) atoms. The number of carbonyl (C=O) groups is 1. The zero-order valence-electron chi connectivity index (χ0n) is 7.11. The lowest BCUT2D eigenvalue weighted by molar-refractivity contribution is -0.189. The predicted molar refractivity (Wildman–Crippen MR) is 41.9 cm³/mol. The van der Waals surface area contributed by atoms with Crippen LogP contribution in [-0.4, -0.2) is 67.3 Å². The average Bonchev–Trinajstić information content (AvgIpc) is 2.13. The van der Waals surface area contributed by atoms with E-state index in [1.165, 1.54) is 0 Å². The highest BCUT2D eigenvalue weighted by atomic mass is 16.4. The number of nitrogens with two attached hydrogens (primary N) is 1. The Bertz CT molecular complexity index is 206. The molecular weight excluding hydrogens is 198 g/mol. The van der Waals surface area contributed by atoms with E-state index in [1.54, 1.807) is 0 Å². The van der Waals surface area contributed by atoms with Crippen LogP contribution in [0, 0.1) is 0 Å². The lowest BCUT2D eigenvalue weighted by Crippen LogP contribution is -2.63. The fourth-order valence-corrected chi connectivity index (χ4v) is 0.705. The topological polar surface area (TPSA) is 164 Å². The van der Waals surface area contributed by atoms with Crippen molar-refractivity contribution in [1.82, 2.24) is 0 Å². The van der Waals surface area contributed by atoms with Crippen molar-refractivity contribution in [2.45, 2.75) is 24.0 Å². The number of aliphatic hydroxyl groups is 5. The molecule has 84 valence electrons. The van der Waals surface area contributed by atoms with Crippen molar-refractivity contribution in [2.24, 2.45) is 5.73 Å². The molecule has 4 atom stereocenters. The standard InChI is InChI=1S/C6H13NO7/c7-6(14,5(12)13)4(11)3(10)2(9)1-8/h2-4,8-11,14H,1,7H2,(H,12,13)/t2-,3-,4+,6-/m1/s1. The lowest BCUT2D eigenvalue weighted by atomic mass is 9.99. The first-order chi connectivity index (χ1) is 6.25. The second kappa shape index (κ2) is 4.64. The molecular formula is C6H13NO7. The summed E-state index contributed by atoms with van der Waals surface area (Å²) in [4.78, 5) is 10.3. The van der Waals surface area contributed by atoms with Crippen molar-refractivity contribution < 1.29 is 35.4 Å². The van der Waals surface area contributed by atoms with Crippen LogP contribution in [0.1, 0.15) is 0 Å². The van der Waals surface area contributed by atoms with E-state index >= 15 is 0 Å². The van der Waals surface area contributed by atoms with Gasteiger partial charge in [0.05, 0.1) is 6.61 Å². The molecule has 0 heterocycles. The van der Waals surface area contributed by atoms with E-state index < -0.39 is 36.6 Å². The summed E-state index contributed by atoms with van der Waals surface area (Å²) >= 11 is 0. The number of aliphatic hydroxyl groups excluding tert-OH is 4. The van der Waals surface area contributed by atoms with Gasteiger partial charge in [-0.2, -0.15) is 0 Å². The van der Waals surface area contributed by atoms with E-state index in [2.05, 4.69) is 0 Å². The second-order valence-electron chi connectivity index (χ2n) is 2.82. The highest BCUT2D eigenvalue weighted by molar-refractivity contribution is 5.77. The zero-order valence-corrected chi connectivity index (χ0v) is 7.11. The maximum atomic E-state index is 10.3.